The fraction of sp³-hybridized carbons (Fsp3) is 1.00. The van der Waals surface area contributed by atoms with Gasteiger partial charge in [-0.3, -0.25) is 0 Å². The summed E-state index contributed by atoms with van der Waals surface area (Å²) in [4.78, 5) is 0. The molecule has 0 aromatic heterocycles. The van der Waals surface area contributed by atoms with Crippen molar-refractivity contribution < 1.29 is 10.5 Å². The van der Waals surface area contributed by atoms with E-state index in [1.54, 1.807) is 7.11 Å². The zero-order valence-corrected chi connectivity index (χ0v) is 5.02. The molecule has 0 heterocycles. The Morgan fingerprint density at radius 3 is 2.67 bits per heavy atom. The van der Waals surface area contributed by atoms with Crippen molar-refractivity contribution in [2.75, 3.05) is 13.7 Å². The third kappa shape index (κ3) is 4.35. The molecule has 1 unspecified atom stereocenters. The lowest BCUT2D eigenvalue weighted by atomic mass is 10.9. The number of hydrogen-bond acceptors (Lipinski definition) is 2. The summed E-state index contributed by atoms with van der Waals surface area (Å²) >= 11 is 0. The van der Waals surface area contributed by atoms with E-state index in [1.807, 2.05) is 6.92 Å². The Labute approximate surface area is 41.3 Å². The van der Waals surface area contributed by atoms with Crippen LogP contribution < -0.4 is 0 Å². The van der Waals surface area contributed by atoms with Crippen LogP contribution in [0.15, 0.2) is 0 Å². The summed E-state index contributed by atoms with van der Waals surface area (Å²) in [5.41, 5.74) is 0. The minimum atomic E-state index is 0. The van der Waals surface area contributed by atoms with Gasteiger partial charge in [-0.25, -0.2) is 0 Å². The van der Waals surface area contributed by atoms with Gasteiger partial charge in [-0.2, -0.15) is 0 Å². The summed E-state index contributed by atoms with van der Waals surface area (Å²) in [5.74, 6) is 0. The van der Waals surface area contributed by atoms with Crippen molar-refractivity contribution in [2.24, 2.45) is 0 Å². The van der Waals surface area contributed by atoms with Gasteiger partial charge in [0.15, 0.2) is 9.03 Å². The normalized spacial score (nSPS) is 11.0. The highest BCUT2D eigenvalue weighted by molar-refractivity contribution is 7.26. The van der Waals surface area contributed by atoms with E-state index in [4.69, 9.17) is 4.52 Å². The fourth-order valence-corrected chi connectivity index (χ4v) is 0.354. The molecule has 6 heavy (non-hydrogen) atoms. The smallest absolute Gasteiger partial charge is 0.154 e. The molecule has 0 aliphatic carbocycles. The van der Waals surface area contributed by atoms with Crippen LogP contribution in [0.3, 0.4) is 0 Å². The first-order chi connectivity index (χ1) is 2.91. The van der Waals surface area contributed by atoms with Gasteiger partial charge in [0.25, 0.3) is 0 Å². The van der Waals surface area contributed by atoms with Crippen LogP contribution in [0.25, 0.3) is 0 Å². The Balaban J connectivity index is 0. The van der Waals surface area contributed by atoms with E-state index in [1.165, 1.54) is 0 Å². The van der Waals surface area contributed by atoms with Gasteiger partial charge in [0.1, 0.15) is 0 Å². The van der Waals surface area contributed by atoms with Gasteiger partial charge in [0, 0.05) is 8.54 Å². The largest absolute Gasteiger partial charge is 0.340 e. The minimum Gasteiger partial charge on any atom is -0.340 e. The first-order valence-electron chi connectivity index (χ1n) is 1.81. The van der Waals surface area contributed by atoms with Gasteiger partial charge in [-0.1, -0.05) is 0 Å². The molecule has 0 saturated carbocycles. The zero-order valence-electron chi connectivity index (χ0n) is 4.02. The molecular weight excluding hydrogens is 99.0 g/mol. The van der Waals surface area contributed by atoms with Crippen molar-refractivity contribution in [1.82, 2.24) is 0 Å². The second-order valence-corrected chi connectivity index (χ2v) is 1.58. The third-order valence-corrected chi connectivity index (χ3v) is 0.860. The molecule has 2 nitrogen and oxygen atoms in total. The molecule has 0 aromatic rings. The molecule has 0 rings (SSSR count). The van der Waals surface area contributed by atoms with Crippen LogP contribution in [-0.2, 0) is 9.05 Å². The predicted octanol–water partition coefficient (Wildman–Crippen LogP) is 1.42. The summed E-state index contributed by atoms with van der Waals surface area (Å²) in [7, 11) is 1.83. The maximum atomic E-state index is 4.79. The van der Waals surface area contributed by atoms with Crippen LogP contribution in [0.4, 0.5) is 0 Å². The number of rotatable bonds is 3. The summed E-state index contributed by atoms with van der Waals surface area (Å²) in [6.45, 7) is 2.68. The monoisotopic (exact) mass is 110 g/mol. The van der Waals surface area contributed by atoms with Crippen molar-refractivity contribution in [3.8, 4) is 0 Å². The third-order valence-electron chi connectivity index (χ3n) is 0.287. The maximum Gasteiger partial charge on any atom is 0.154 e. The van der Waals surface area contributed by atoms with Crippen LogP contribution >= 0.6 is 9.03 Å². The molecular formula is C3H11O2P. The molecule has 0 saturated heterocycles. The molecule has 0 aromatic carbocycles. The SMILES string of the molecule is CCOPOC.[HH]. The molecule has 0 radical (unpaired) electrons. The molecule has 0 spiro atoms. The summed E-state index contributed by atoms with van der Waals surface area (Å²) < 4.78 is 9.38. The molecule has 40 valence electrons. The Bertz CT molecular complexity index is 24.9. The van der Waals surface area contributed by atoms with E-state index < -0.39 is 0 Å². The lowest BCUT2D eigenvalue weighted by Gasteiger charge is -1.92. The second kappa shape index (κ2) is 5.35. The average Bonchev–Trinajstić information content (AvgIpc) is 1.61. The maximum absolute atomic E-state index is 4.79. The van der Waals surface area contributed by atoms with Crippen LogP contribution in [0.1, 0.15) is 8.35 Å². The van der Waals surface area contributed by atoms with E-state index in [0.717, 1.165) is 6.61 Å². The lowest BCUT2D eigenvalue weighted by Crippen LogP contribution is -1.72. The quantitative estimate of drug-likeness (QED) is 0.404. The lowest BCUT2D eigenvalue weighted by molar-refractivity contribution is 0.318. The van der Waals surface area contributed by atoms with E-state index in [0.29, 0.717) is 0 Å². The van der Waals surface area contributed by atoms with Gasteiger partial charge in [-0.15, -0.1) is 0 Å². The Kier molecular flexibility index (Phi) is 5.66. The van der Waals surface area contributed by atoms with Crippen LogP contribution in [0, 0.1) is 0 Å². The van der Waals surface area contributed by atoms with Gasteiger partial charge in [0.05, 0.1) is 6.61 Å². The summed E-state index contributed by atoms with van der Waals surface area (Å²) in [6.07, 6.45) is 0. The van der Waals surface area contributed by atoms with Gasteiger partial charge >= 0.3 is 0 Å². The first kappa shape index (κ1) is 6.35. The summed E-state index contributed by atoms with van der Waals surface area (Å²) in [6, 6.07) is 0. The average molecular weight is 110 g/mol. The van der Waals surface area contributed by atoms with E-state index in [-0.39, 0.29) is 10.5 Å². The van der Waals surface area contributed by atoms with Gasteiger partial charge < -0.3 is 9.05 Å². The van der Waals surface area contributed by atoms with Crippen molar-refractivity contribution in [2.45, 2.75) is 6.92 Å². The van der Waals surface area contributed by atoms with Crippen molar-refractivity contribution in [3.63, 3.8) is 0 Å². The van der Waals surface area contributed by atoms with Crippen molar-refractivity contribution >= 4 is 9.03 Å². The molecule has 0 fully saturated rings. The van der Waals surface area contributed by atoms with Crippen LogP contribution in [0.2, 0.25) is 0 Å². The minimum absolute atomic E-state index is 0. The molecule has 0 aliphatic rings. The Morgan fingerprint density at radius 1 is 1.83 bits per heavy atom. The van der Waals surface area contributed by atoms with Crippen molar-refractivity contribution in [1.29, 1.82) is 0 Å². The molecule has 0 bridgehead atoms. The van der Waals surface area contributed by atoms with Crippen LogP contribution in [0.5, 0.6) is 0 Å². The van der Waals surface area contributed by atoms with Gasteiger partial charge in [-0.05, 0) is 6.92 Å². The fourth-order valence-electron chi connectivity index (χ4n) is 0.118. The van der Waals surface area contributed by atoms with E-state index in [9.17, 15) is 0 Å². The number of hydrogen-bond donors (Lipinski definition) is 0. The highest BCUT2D eigenvalue weighted by Crippen LogP contribution is 2.08. The van der Waals surface area contributed by atoms with Gasteiger partial charge in [0.2, 0.25) is 0 Å². The molecule has 0 N–H and O–H groups in total. The zero-order chi connectivity index (χ0) is 4.83. The second-order valence-electron chi connectivity index (χ2n) is 0.720. The van der Waals surface area contributed by atoms with E-state index in [2.05, 4.69) is 4.52 Å². The highest BCUT2D eigenvalue weighted by atomic mass is 31.1. The Morgan fingerprint density at radius 2 is 2.50 bits per heavy atom. The van der Waals surface area contributed by atoms with Crippen molar-refractivity contribution in [3.05, 3.63) is 0 Å². The topological polar surface area (TPSA) is 18.5 Å². The predicted molar refractivity (Wildman–Crippen MR) is 29.1 cm³/mol. The molecule has 0 amide bonds. The molecule has 0 aliphatic heterocycles. The van der Waals surface area contributed by atoms with Crippen LogP contribution in [-0.4, -0.2) is 13.7 Å². The Hall–Kier alpha value is 0.350. The molecule has 3 heteroatoms. The highest BCUT2D eigenvalue weighted by Gasteiger charge is 1.72. The standard InChI is InChI=1S/C3H9O2P.H2/c1-3-5-6-4-2;/h6H,3H2,1-2H3;1H. The molecule has 1 atom stereocenters. The first-order valence-corrected chi connectivity index (χ1v) is 2.63. The summed E-state index contributed by atoms with van der Waals surface area (Å²) in [5, 5.41) is 0. The van der Waals surface area contributed by atoms with E-state index >= 15 is 0 Å².